The lowest BCUT2D eigenvalue weighted by atomic mass is 10.0. The molecule has 1 aliphatic carbocycles. The molecule has 2 aromatic heterocycles. The number of carbonyl (C=O) groups is 1. The molecule has 1 aromatic carbocycles. The minimum atomic E-state index is -0.252. The van der Waals surface area contributed by atoms with Gasteiger partial charge in [0.2, 0.25) is 0 Å². The van der Waals surface area contributed by atoms with Crippen LogP contribution in [-0.2, 0) is 9.53 Å². The molecule has 2 aliphatic rings. The van der Waals surface area contributed by atoms with Crippen molar-refractivity contribution < 1.29 is 9.53 Å². The number of halogens is 1. The van der Waals surface area contributed by atoms with Gasteiger partial charge in [-0.25, -0.2) is 4.98 Å². The van der Waals surface area contributed by atoms with E-state index in [2.05, 4.69) is 58.6 Å². The Morgan fingerprint density at radius 2 is 2.12 bits per heavy atom. The minimum Gasteiger partial charge on any atom is -0.379 e. The molecule has 1 unspecified atom stereocenters. The molecule has 1 atom stereocenters. The maximum Gasteiger partial charge on any atom is 0.308 e. The van der Waals surface area contributed by atoms with E-state index in [0.717, 1.165) is 48.2 Å². The van der Waals surface area contributed by atoms with Gasteiger partial charge in [-0.2, -0.15) is 5.10 Å². The molecule has 2 fully saturated rings. The highest BCUT2D eigenvalue weighted by Gasteiger charge is 2.31. The fraction of sp³-hybridized carbons (Fsp3) is 0.400. The molecule has 0 bridgehead atoms. The summed E-state index contributed by atoms with van der Waals surface area (Å²) in [5.41, 5.74) is 4.82. The Morgan fingerprint density at radius 3 is 2.84 bits per heavy atom. The fourth-order valence-corrected chi connectivity index (χ4v) is 4.60. The Kier molecular flexibility index (Phi) is 5.91. The van der Waals surface area contributed by atoms with Crippen LogP contribution in [0.3, 0.4) is 0 Å². The molecule has 1 saturated heterocycles. The third-order valence-electron chi connectivity index (χ3n) is 6.02. The first-order valence-corrected chi connectivity index (χ1v) is 12.2. The second-order valence-electron chi connectivity index (χ2n) is 8.43. The number of rotatable bonds is 4. The van der Waals surface area contributed by atoms with Crippen LogP contribution in [0, 0.1) is 22.3 Å². The van der Waals surface area contributed by atoms with Gasteiger partial charge in [0.05, 0.1) is 24.5 Å². The molecule has 3 heterocycles. The van der Waals surface area contributed by atoms with Crippen LogP contribution in [-0.4, -0.2) is 33.9 Å². The zero-order chi connectivity index (χ0) is 22.2. The largest absolute Gasteiger partial charge is 0.379 e. The number of anilines is 2. The second kappa shape index (κ2) is 8.83. The van der Waals surface area contributed by atoms with Gasteiger partial charge in [-0.05, 0) is 96.0 Å². The molecule has 5 rings (SSSR count). The highest BCUT2D eigenvalue weighted by Crippen LogP contribution is 2.46. The number of benzene rings is 1. The Morgan fingerprint density at radius 1 is 1.28 bits per heavy atom. The van der Waals surface area contributed by atoms with Gasteiger partial charge in [-0.3, -0.25) is 14.4 Å². The molecule has 3 aromatic rings. The summed E-state index contributed by atoms with van der Waals surface area (Å²) in [4.78, 5) is 19.9. The molecule has 32 heavy (non-hydrogen) atoms. The first-order valence-electron chi connectivity index (χ1n) is 11.1. The number of carbonyl (C=O) groups excluding carboxylic acids is 1. The normalized spacial score (nSPS) is 17.9. The van der Waals surface area contributed by atoms with Gasteiger partial charge in [-0.1, -0.05) is 12.8 Å². The van der Waals surface area contributed by atoms with E-state index in [-0.39, 0.29) is 11.9 Å². The van der Waals surface area contributed by atoms with E-state index in [1.807, 2.05) is 29.9 Å². The van der Waals surface area contributed by atoms with Gasteiger partial charge in [-0.15, -0.1) is 0 Å². The average Bonchev–Trinajstić information content (AvgIpc) is 3.31. The quantitative estimate of drug-likeness (QED) is 0.335. The molecule has 1 amide bonds. The SMILES string of the molecule is CCC#CC(=O)N(c1ccc2nn(C3CCOC3)cc2n1)c1cc(C)c(I)cc1C1CC1. The summed E-state index contributed by atoms with van der Waals surface area (Å²) >= 11 is 2.37. The van der Waals surface area contributed by atoms with Crippen molar-refractivity contribution in [2.45, 2.75) is 51.5 Å². The lowest BCUT2D eigenvalue weighted by Crippen LogP contribution is -2.26. The van der Waals surface area contributed by atoms with Crippen LogP contribution < -0.4 is 4.90 Å². The van der Waals surface area contributed by atoms with E-state index >= 15 is 0 Å². The van der Waals surface area contributed by atoms with E-state index in [1.54, 1.807) is 4.90 Å². The van der Waals surface area contributed by atoms with E-state index in [4.69, 9.17) is 9.72 Å². The summed E-state index contributed by atoms with van der Waals surface area (Å²) in [6.07, 6.45) is 5.84. The topological polar surface area (TPSA) is 60.2 Å². The number of aromatic nitrogens is 3. The zero-order valence-corrected chi connectivity index (χ0v) is 20.4. The number of aryl methyl sites for hydroxylation is 1. The molecule has 0 spiro atoms. The van der Waals surface area contributed by atoms with Crippen LogP contribution in [0.15, 0.2) is 30.5 Å². The Balaban J connectivity index is 1.62. The van der Waals surface area contributed by atoms with Gasteiger partial charge in [0, 0.05) is 16.6 Å². The molecule has 0 N–H and O–H groups in total. The number of hydrogen-bond donors (Lipinski definition) is 0. The number of nitrogens with zero attached hydrogens (tertiary/aromatic N) is 4. The van der Waals surface area contributed by atoms with E-state index in [0.29, 0.717) is 24.8 Å². The summed E-state index contributed by atoms with van der Waals surface area (Å²) in [5.74, 6) is 6.56. The smallest absolute Gasteiger partial charge is 0.308 e. The first kappa shape index (κ1) is 21.4. The molecule has 1 aliphatic heterocycles. The van der Waals surface area contributed by atoms with Crippen LogP contribution in [0.2, 0.25) is 0 Å². The summed E-state index contributed by atoms with van der Waals surface area (Å²) in [7, 11) is 0. The summed E-state index contributed by atoms with van der Waals surface area (Å²) < 4.78 is 8.67. The summed E-state index contributed by atoms with van der Waals surface area (Å²) in [6.45, 7) is 5.45. The first-order chi connectivity index (χ1) is 15.5. The highest BCUT2D eigenvalue weighted by atomic mass is 127. The maximum atomic E-state index is 13.3. The lowest BCUT2D eigenvalue weighted by molar-refractivity contribution is -0.112. The number of ether oxygens (including phenoxy) is 1. The van der Waals surface area contributed by atoms with Crippen LogP contribution in [0.25, 0.3) is 11.0 Å². The van der Waals surface area contributed by atoms with Crippen molar-refractivity contribution in [2.24, 2.45) is 0 Å². The third-order valence-corrected chi connectivity index (χ3v) is 7.18. The molecule has 164 valence electrons. The number of amides is 1. The predicted molar refractivity (Wildman–Crippen MR) is 133 cm³/mol. The van der Waals surface area contributed by atoms with Crippen molar-refractivity contribution in [1.82, 2.24) is 14.8 Å². The van der Waals surface area contributed by atoms with Crippen molar-refractivity contribution >= 4 is 51.0 Å². The standard InChI is InChI=1S/C25H25IN4O2/c1-3-4-5-25(31)30(23-12-16(2)20(26)13-19(23)17-6-7-17)24-9-8-21-22(27-24)14-29(28-21)18-10-11-32-15-18/h8-9,12-14,17-18H,3,6-7,10-11,15H2,1-2H3. The third kappa shape index (κ3) is 4.14. The van der Waals surface area contributed by atoms with E-state index in [9.17, 15) is 4.79 Å². The minimum absolute atomic E-state index is 0.237. The van der Waals surface area contributed by atoms with Gasteiger partial charge >= 0.3 is 5.91 Å². The predicted octanol–water partition coefficient (Wildman–Crippen LogP) is 5.26. The average molecular weight is 540 g/mol. The number of hydrogen-bond acceptors (Lipinski definition) is 4. The van der Waals surface area contributed by atoms with Crippen molar-refractivity contribution in [3.05, 3.63) is 45.2 Å². The van der Waals surface area contributed by atoms with Crippen LogP contribution in [0.5, 0.6) is 0 Å². The second-order valence-corrected chi connectivity index (χ2v) is 9.59. The van der Waals surface area contributed by atoms with Gasteiger partial charge in [0.25, 0.3) is 0 Å². The van der Waals surface area contributed by atoms with Crippen molar-refractivity contribution in [3.8, 4) is 11.8 Å². The van der Waals surface area contributed by atoms with E-state index < -0.39 is 0 Å². The zero-order valence-electron chi connectivity index (χ0n) is 18.3. The Hall–Kier alpha value is -2.44. The van der Waals surface area contributed by atoms with Crippen molar-refractivity contribution in [2.75, 3.05) is 18.1 Å². The van der Waals surface area contributed by atoms with Crippen molar-refractivity contribution in [1.29, 1.82) is 0 Å². The maximum absolute atomic E-state index is 13.3. The molecule has 7 heteroatoms. The summed E-state index contributed by atoms with van der Waals surface area (Å²) in [6, 6.07) is 8.37. The lowest BCUT2D eigenvalue weighted by Gasteiger charge is -2.23. The Bertz CT molecular complexity index is 1250. The van der Waals surface area contributed by atoms with E-state index in [1.165, 1.54) is 9.13 Å². The highest BCUT2D eigenvalue weighted by molar-refractivity contribution is 14.1. The number of fused-ring (bicyclic) bond motifs is 1. The van der Waals surface area contributed by atoms with Crippen LogP contribution in [0.4, 0.5) is 11.5 Å². The van der Waals surface area contributed by atoms with Crippen LogP contribution >= 0.6 is 22.6 Å². The molecule has 0 radical (unpaired) electrons. The Labute approximate surface area is 201 Å². The molecular formula is C25H25IN4O2. The molecular weight excluding hydrogens is 515 g/mol. The van der Waals surface area contributed by atoms with Crippen LogP contribution in [0.1, 0.15) is 55.7 Å². The molecule has 1 saturated carbocycles. The number of pyridine rings is 1. The van der Waals surface area contributed by atoms with Gasteiger partial charge in [0.15, 0.2) is 0 Å². The van der Waals surface area contributed by atoms with Gasteiger partial charge in [0.1, 0.15) is 16.9 Å². The fourth-order valence-electron chi connectivity index (χ4n) is 4.11. The van der Waals surface area contributed by atoms with Crippen molar-refractivity contribution in [3.63, 3.8) is 0 Å². The molecule has 6 nitrogen and oxygen atoms in total. The monoisotopic (exact) mass is 540 g/mol. The van der Waals surface area contributed by atoms with Gasteiger partial charge < -0.3 is 4.74 Å². The summed E-state index contributed by atoms with van der Waals surface area (Å²) in [5, 5.41) is 4.69.